The number of hydrogen-bond acceptors (Lipinski definition) is 3. The Bertz CT molecular complexity index is 672. The topological polar surface area (TPSA) is 51.0 Å². The SMILES string of the molecule is CC(C)(C)CC(=O)N1CCC(n2cc(-c3ccccc3)nn2)C1. The van der Waals surface area contributed by atoms with Crippen molar-refractivity contribution >= 4 is 5.91 Å². The summed E-state index contributed by atoms with van der Waals surface area (Å²) < 4.78 is 1.91. The first kappa shape index (κ1) is 15.7. The summed E-state index contributed by atoms with van der Waals surface area (Å²) in [5.74, 6) is 0.239. The number of carbonyl (C=O) groups excluding carboxylic acids is 1. The number of carbonyl (C=O) groups is 1. The van der Waals surface area contributed by atoms with Gasteiger partial charge in [-0.1, -0.05) is 56.3 Å². The monoisotopic (exact) mass is 312 g/mol. The zero-order valence-electron chi connectivity index (χ0n) is 14.1. The molecule has 3 rings (SSSR count). The van der Waals surface area contributed by atoms with Gasteiger partial charge in [-0.3, -0.25) is 4.79 Å². The van der Waals surface area contributed by atoms with Crippen molar-refractivity contribution < 1.29 is 4.79 Å². The van der Waals surface area contributed by atoms with Gasteiger partial charge in [0, 0.05) is 25.1 Å². The minimum absolute atomic E-state index is 0.0307. The van der Waals surface area contributed by atoms with Crippen LogP contribution in [-0.4, -0.2) is 38.9 Å². The molecule has 0 spiro atoms. The van der Waals surface area contributed by atoms with Crippen molar-refractivity contribution in [1.29, 1.82) is 0 Å². The molecule has 1 atom stereocenters. The molecule has 122 valence electrons. The number of amides is 1. The molecule has 5 nitrogen and oxygen atoms in total. The average Bonchev–Trinajstić information content (AvgIpc) is 3.16. The Balaban J connectivity index is 1.66. The summed E-state index contributed by atoms with van der Waals surface area (Å²) in [4.78, 5) is 14.3. The molecule has 1 aliphatic rings. The third-order valence-electron chi connectivity index (χ3n) is 4.15. The van der Waals surface area contributed by atoms with Crippen LogP contribution in [0.15, 0.2) is 36.5 Å². The van der Waals surface area contributed by atoms with Crippen LogP contribution in [0, 0.1) is 5.41 Å². The molecule has 1 fully saturated rings. The molecule has 0 N–H and O–H groups in total. The molecule has 1 aromatic carbocycles. The van der Waals surface area contributed by atoms with E-state index in [4.69, 9.17) is 0 Å². The van der Waals surface area contributed by atoms with Crippen molar-refractivity contribution in [2.24, 2.45) is 5.41 Å². The Morgan fingerprint density at radius 3 is 2.70 bits per heavy atom. The van der Waals surface area contributed by atoms with Crippen LogP contribution < -0.4 is 0 Å². The van der Waals surface area contributed by atoms with Gasteiger partial charge in [-0.25, -0.2) is 4.68 Å². The molecular formula is C18H24N4O. The van der Waals surface area contributed by atoms with Crippen LogP contribution in [0.5, 0.6) is 0 Å². The lowest BCUT2D eigenvalue weighted by atomic mass is 9.92. The van der Waals surface area contributed by atoms with Crippen LogP contribution in [0.25, 0.3) is 11.3 Å². The van der Waals surface area contributed by atoms with Gasteiger partial charge in [-0.05, 0) is 11.8 Å². The van der Waals surface area contributed by atoms with Gasteiger partial charge < -0.3 is 4.90 Å². The standard InChI is InChI=1S/C18H24N4O/c1-18(2,3)11-17(23)21-10-9-15(12-21)22-13-16(19-20-22)14-7-5-4-6-8-14/h4-8,13,15H,9-12H2,1-3H3. The Labute approximate surface area is 137 Å². The quantitative estimate of drug-likeness (QED) is 0.875. The zero-order valence-corrected chi connectivity index (χ0v) is 14.1. The van der Waals surface area contributed by atoms with Crippen LogP contribution in [-0.2, 0) is 4.79 Å². The maximum atomic E-state index is 12.3. The molecule has 23 heavy (non-hydrogen) atoms. The number of likely N-dealkylation sites (tertiary alicyclic amines) is 1. The highest BCUT2D eigenvalue weighted by atomic mass is 16.2. The Hall–Kier alpha value is -2.17. The van der Waals surface area contributed by atoms with Crippen LogP contribution in [0.1, 0.15) is 39.7 Å². The minimum Gasteiger partial charge on any atom is -0.340 e. The second-order valence-electron chi connectivity index (χ2n) is 7.47. The molecule has 2 heterocycles. The molecule has 0 aliphatic carbocycles. The third kappa shape index (κ3) is 3.78. The summed E-state index contributed by atoms with van der Waals surface area (Å²) in [6, 6.07) is 10.3. The highest BCUT2D eigenvalue weighted by Crippen LogP contribution is 2.26. The van der Waals surface area contributed by atoms with Crippen LogP contribution in [0.3, 0.4) is 0 Å². The number of nitrogens with zero attached hydrogens (tertiary/aromatic N) is 4. The molecule has 0 saturated carbocycles. The number of aromatic nitrogens is 3. The molecule has 2 aromatic rings. The van der Waals surface area contributed by atoms with E-state index in [1.54, 1.807) is 0 Å². The molecule has 1 amide bonds. The van der Waals surface area contributed by atoms with Gasteiger partial charge in [-0.2, -0.15) is 0 Å². The summed E-state index contributed by atoms with van der Waals surface area (Å²) in [6.07, 6.45) is 3.51. The van der Waals surface area contributed by atoms with Crippen molar-refractivity contribution in [2.75, 3.05) is 13.1 Å². The maximum absolute atomic E-state index is 12.3. The first-order chi connectivity index (χ1) is 10.9. The molecule has 1 unspecified atom stereocenters. The predicted molar refractivity (Wildman–Crippen MR) is 89.8 cm³/mol. The van der Waals surface area contributed by atoms with E-state index in [1.807, 2.05) is 46.1 Å². The molecule has 0 radical (unpaired) electrons. The highest BCUT2D eigenvalue weighted by molar-refractivity contribution is 5.77. The number of hydrogen-bond donors (Lipinski definition) is 0. The van der Waals surface area contributed by atoms with E-state index in [2.05, 4.69) is 31.1 Å². The van der Waals surface area contributed by atoms with Gasteiger partial charge in [0.15, 0.2) is 0 Å². The van der Waals surface area contributed by atoms with Crippen molar-refractivity contribution in [3.63, 3.8) is 0 Å². The first-order valence-corrected chi connectivity index (χ1v) is 8.17. The van der Waals surface area contributed by atoms with Crippen LogP contribution in [0.4, 0.5) is 0 Å². The molecule has 5 heteroatoms. The lowest BCUT2D eigenvalue weighted by Gasteiger charge is -2.22. The van der Waals surface area contributed by atoms with Gasteiger partial charge in [0.2, 0.25) is 5.91 Å². The minimum atomic E-state index is 0.0307. The van der Waals surface area contributed by atoms with Gasteiger partial charge in [0.05, 0.1) is 12.2 Å². The van der Waals surface area contributed by atoms with E-state index in [9.17, 15) is 4.79 Å². The van der Waals surface area contributed by atoms with E-state index in [0.717, 1.165) is 30.8 Å². The fourth-order valence-electron chi connectivity index (χ4n) is 2.95. The Kier molecular flexibility index (Phi) is 4.20. The van der Waals surface area contributed by atoms with Gasteiger partial charge in [0.1, 0.15) is 5.69 Å². The summed E-state index contributed by atoms with van der Waals surface area (Å²) in [6.45, 7) is 7.83. The first-order valence-electron chi connectivity index (χ1n) is 8.17. The number of rotatable bonds is 3. The second-order valence-corrected chi connectivity index (χ2v) is 7.47. The highest BCUT2D eigenvalue weighted by Gasteiger charge is 2.30. The smallest absolute Gasteiger partial charge is 0.223 e. The van der Waals surface area contributed by atoms with E-state index in [1.165, 1.54) is 0 Å². The molecule has 0 bridgehead atoms. The van der Waals surface area contributed by atoms with E-state index in [-0.39, 0.29) is 17.4 Å². The second kappa shape index (κ2) is 6.14. The summed E-state index contributed by atoms with van der Waals surface area (Å²) in [7, 11) is 0. The summed E-state index contributed by atoms with van der Waals surface area (Å²) in [5, 5.41) is 8.54. The normalized spacial score (nSPS) is 18.4. The summed E-state index contributed by atoms with van der Waals surface area (Å²) in [5.41, 5.74) is 1.98. The lowest BCUT2D eigenvalue weighted by Crippen LogP contribution is -2.32. The van der Waals surface area contributed by atoms with Gasteiger partial charge in [-0.15, -0.1) is 5.10 Å². The molecule has 1 saturated heterocycles. The zero-order chi connectivity index (χ0) is 16.4. The Morgan fingerprint density at radius 2 is 2.00 bits per heavy atom. The van der Waals surface area contributed by atoms with Crippen molar-refractivity contribution in [2.45, 2.75) is 39.7 Å². The maximum Gasteiger partial charge on any atom is 0.223 e. The van der Waals surface area contributed by atoms with Gasteiger partial charge in [0.25, 0.3) is 0 Å². The lowest BCUT2D eigenvalue weighted by molar-refractivity contribution is -0.132. The molecule has 1 aliphatic heterocycles. The van der Waals surface area contributed by atoms with E-state index in [0.29, 0.717) is 6.42 Å². The van der Waals surface area contributed by atoms with E-state index < -0.39 is 0 Å². The summed E-state index contributed by atoms with van der Waals surface area (Å²) >= 11 is 0. The van der Waals surface area contributed by atoms with Crippen molar-refractivity contribution in [3.8, 4) is 11.3 Å². The predicted octanol–water partition coefficient (Wildman–Crippen LogP) is 3.15. The van der Waals surface area contributed by atoms with Gasteiger partial charge >= 0.3 is 0 Å². The fraction of sp³-hybridized carbons (Fsp3) is 0.500. The average molecular weight is 312 g/mol. The van der Waals surface area contributed by atoms with E-state index >= 15 is 0 Å². The molecular weight excluding hydrogens is 288 g/mol. The van der Waals surface area contributed by atoms with Crippen molar-refractivity contribution in [3.05, 3.63) is 36.5 Å². The largest absolute Gasteiger partial charge is 0.340 e. The number of benzene rings is 1. The Morgan fingerprint density at radius 1 is 1.26 bits per heavy atom. The third-order valence-corrected chi connectivity index (χ3v) is 4.15. The van der Waals surface area contributed by atoms with Crippen LogP contribution >= 0.6 is 0 Å². The molecule has 1 aromatic heterocycles. The van der Waals surface area contributed by atoms with Crippen molar-refractivity contribution in [1.82, 2.24) is 19.9 Å². The van der Waals surface area contributed by atoms with Crippen LogP contribution in [0.2, 0.25) is 0 Å². The fourth-order valence-corrected chi connectivity index (χ4v) is 2.95.